The monoisotopic (exact) mass is 459 g/mol. The molecule has 0 radical (unpaired) electrons. The molecule has 1 fully saturated rings. The highest BCUT2D eigenvalue weighted by Crippen LogP contribution is 2.21. The number of carbonyl (C=O) groups excluding carboxylic acids is 1. The van der Waals surface area contributed by atoms with E-state index in [2.05, 4.69) is 28.8 Å². The number of amides is 1. The van der Waals surface area contributed by atoms with E-state index in [1.54, 1.807) is 36.4 Å². The summed E-state index contributed by atoms with van der Waals surface area (Å²) in [6, 6.07) is 12.7. The molecular formula is C24H33N3O4S. The summed E-state index contributed by atoms with van der Waals surface area (Å²) in [5.74, 6) is 1.74. The zero-order chi connectivity index (χ0) is 23.1. The number of benzene rings is 2. The molecule has 2 atom stereocenters. The number of ether oxygens (including phenoxy) is 1. The quantitative estimate of drug-likeness (QED) is 0.598. The molecule has 1 aliphatic heterocycles. The Morgan fingerprint density at radius 2 is 1.78 bits per heavy atom. The van der Waals surface area contributed by atoms with E-state index >= 15 is 0 Å². The molecule has 0 aromatic heterocycles. The Balaban J connectivity index is 1.57. The standard InChI is InChI=1S/C24H33N3O4S/c1-4-31-22-8-10-23(11-9-22)32(29,30)26-21-7-5-6-20(15-21)24(28)25-12-13-27-16-18(2)14-19(3)17-27/h5-11,15,18-19,26H,4,12-14,16-17H2,1-3H3,(H,25,28). The lowest BCUT2D eigenvalue weighted by molar-refractivity contribution is 0.0936. The minimum atomic E-state index is -3.77. The van der Waals surface area contributed by atoms with Gasteiger partial charge in [0.1, 0.15) is 5.75 Å². The third kappa shape index (κ3) is 6.71. The number of piperidine rings is 1. The third-order valence-electron chi connectivity index (χ3n) is 5.48. The number of hydrogen-bond acceptors (Lipinski definition) is 5. The molecule has 8 heteroatoms. The minimum Gasteiger partial charge on any atom is -0.494 e. The maximum atomic E-state index is 12.7. The van der Waals surface area contributed by atoms with Gasteiger partial charge in [0.15, 0.2) is 0 Å². The average Bonchev–Trinajstić information content (AvgIpc) is 2.73. The zero-order valence-corrected chi connectivity index (χ0v) is 19.8. The summed E-state index contributed by atoms with van der Waals surface area (Å²) in [6.07, 6.45) is 1.25. The van der Waals surface area contributed by atoms with Gasteiger partial charge in [-0.3, -0.25) is 9.52 Å². The number of carbonyl (C=O) groups is 1. The zero-order valence-electron chi connectivity index (χ0n) is 19.0. The average molecular weight is 460 g/mol. The summed E-state index contributed by atoms with van der Waals surface area (Å²) >= 11 is 0. The molecule has 32 heavy (non-hydrogen) atoms. The Morgan fingerprint density at radius 1 is 1.09 bits per heavy atom. The van der Waals surface area contributed by atoms with Gasteiger partial charge in [-0.25, -0.2) is 8.42 Å². The molecule has 0 bridgehead atoms. The summed E-state index contributed by atoms with van der Waals surface area (Å²) in [6.45, 7) is 10.4. The number of likely N-dealkylation sites (tertiary alicyclic amines) is 1. The Kier molecular flexibility index (Phi) is 8.15. The molecule has 1 aliphatic rings. The fourth-order valence-electron chi connectivity index (χ4n) is 4.22. The fourth-order valence-corrected chi connectivity index (χ4v) is 5.27. The number of nitrogens with one attached hydrogen (secondary N) is 2. The molecule has 174 valence electrons. The SMILES string of the molecule is CCOc1ccc(S(=O)(=O)Nc2cccc(C(=O)NCCN3CC(C)CC(C)C3)c2)cc1. The molecule has 2 aromatic rings. The number of anilines is 1. The van der Waals surface area contributed by atoms with Gasteiger partial charge in [-0.05, 0) is 67.6 Å². The fraction of sp³-hybridized carbons (Fsp3) is 0.458. The highest BCUT2D eigenvalue weighted by Gasteiger charge is 2.21. The molecule has 7 nitrogen and oxygen atoms in total. The van der Waals surface area contributed by atoms with Crippen LogP contribution in [0.1, 0.15) is 37.6 Å². The molecule has 3 rings (SSSR count). The summed E-state index contributed by atoms with van der Waals surface area (Å²) in [7, 11) is -3.77. The number of nitrogens with zero attached hydrogens (tertiary/aromatic N) is 1. The normalized spacial score (nSPS) is 19.3. The van der Waals surface area contributed by atoms with Gasteiger partial charge in [0.2, 0.25) is 0 Å². The topological polar surface area (TPSA) is 87.7 Å². The van der Waals surface area contributed by atoms with Crippen molar-refractivity contribution in [3.8, 4) is 5.75 Å². The summed E-state index contributed by atoms with van der Waals surface area (Å²) in [4.78, 5) is 15.1. The van der Waals surface area contributed by atoms with Crippen molar-refractivity contribution in [1.82, 2.24) is 10.2 Å². The van der Waals surface area contributed by atoms with Crippen molar-refractivity contribution in [3.63, 3.8) is 0 Å². The van der Waals surface area contributed by atoms with Crippen molar-refractivity contribution in [2.75, 3.05) is 37.5 Å². The summed E-state index contributed by atoms with van der Waals surface area (Å²) in [5.41, 5.74) is 0.752. The van der Waals surface area contributed by atoms with E-state index < -0.39 is 10.0 Å². The van der Waals surface area contributed by atoms with Gasteiger partial charge in [-0.1, -0.05) is 19.9 Å². The lowest BCUT2D eigenvalue weighted by Gasteiger charge is -2.34. The first-order valence-electron chi connectivity index (χ1n) is 11.1. The van der Waals surface area contributed by atoms with Crippen molar-refractivity contribution in [1.29, 1.82) is 0 Å². The maximum Gasteiger partial charge on any atom is 0.261 e. The molecule has 1 heterocycles. The highest BCUT2D eigenvalue weighted by atomic mass is 32.2. The first-order valence-corrected chi connectivity index (χ1v) is 12.6. The van der Waals surface area contributed by atoms with E-state index in [0.717, 1.165) is 19.6 Å². The van der Waals surface area contributed by atoms with Crippen molar-refractivity contribution in [2.24, 2.45) is 11.8 Å². The minimum absolute atomic E-state index is 0.126. The first kappa shape index (κ1) is 24.1. The Labute approximate surface area is 191 Å². The smallest absolute Gasteiger partial charge is 0.261 e. The van der Waals surface area contributed by atoms with Crippen LogP contribution in [0.4, 0.5) is 5.69 Å². The van der Waals surface area contributed by atoms with Crippen molar-refractivity contribution in [2.45, 2.75) is 32.1 Å². The third-order valence-corrected chi connectivity index (χ3v) is 6.88. The van der Waals surface area contributed by atoms with E-state index in [-0.39, 0.29) is 10.8 Å². The number of hydrogen-bond donors (Lipinski definition) is 2. The van der Waals surface area contributed by atoms with Gasteiger partial charge < -0.3 is 15.0 Å². The van der Waals surface area contributed by atoms with Crippen LogP contribution in [0, 0.1) is 11.8 Å². The van der Waals surface area contributed by atoms with Gasteiger partial charge in [0, 0.05) is 37.4 Å². The summed E-state index contributed by atoms with van der Waals surface area (Å²) < 4.78 is 33.3. The van der Waals surface area contributed by atoms with Crippen LogP contribution in [0.25, 0.3) is 0 Å². The van der Waals surface area contributed by atoms with Crippen LogP contribution >= 0.6 is 0 Å². The van der Waals surface area contributed by atoms with Gasteiger partial charge in [-0.15, -0.1) is 0 Å². The second-order valence-electron chi connectivity index (χ2n) is 8.55. The van der Waals surface area contributed by atoms with Crippen LogP contribution in [0.2, 0.25) is 0 Å². The van der Waals surface area contributed by atoms with Crippen LogP contribution in [-0.2, 0) is 10.0 Å². The largest absolute Gasteiger partial charge is 0.494 e. The molecule has 2 N–H and O–H groups in total. The molecular weight excluding hydrogens is 426 g/mol. The molecule has 1 saturated heterocycles. The molecule has 0 spiro atoms. The summed E-state index contributed by atoms with van der Waals surface area (Å²) in [5, 5.41) is 2.94. The lowest BCUT2D eigenvalue weighted by atomic mass is 9.92. The van der Waals surface area contributed by atoms with Gasteiger partial charge in [-0.2, -0.15) is 0 Å². The van der Waals surface area contributed by atoms with Gasteiger partial charge in [0.25, 0.3) is 15.9 Å². The highest BCUT2D eigenvalue weighted by molar-refractivity contribution is 7.92. The maximum absolute atomic E-state index is 12.7. The Morgan fingerprint density at radius 3 is 2.44 bits per heavy atom. The van der Waals surface area contributed by atoms with Crippen molar-refractivity contribution < 1.29 is 17.9 Å². The van der Waals surface area contributed by atoms with E-state index in [1.165, 1.54) is 18.6 Å². The number of sulfonamides is 1. The van der Waals surface area contributed by atoms with E-state index in [1.807, 2.05) is 6.92 Å². The molecule has 2 aromatic carbocycles. The molecule has 2 unspecified atom stereocenters. The van der Waals surface area contributed by atoms with E-state index in [0.29, 0.717) is 42.0 Å². The van der Waals surface area contributed by atoms with Crippen molar-refractivity contribution in [3.05, 3.63) is 54.1 Å². The van der Waals surface area contributed by atoms with Crippen molar-refractivity contribution >= 4 is 21.6 Å². The van der Waals surface area contributed by atoms with Crippen LogP contribution in [0.5, 0.6) is 5.75 Å². The predicted octanol–water partition coefficient (Wildman–Crippen LogP) is 3.59. The van der Waals surface area contributed by atoms with Crippen LogP contribution in [-0.4, -0.2) is 52.0 Å². The van der Waals surface area contributed by atoms with E-state index in [4.69, 9.17) is 4.74 Å². The second-order valence-corrected chi connectivity index (χ2v) is 10.2. The number of rotatable bonds is 9. The lowest BCUT2D eigenvalue weighted by Crippen LogP contribution is -2.42. The van der Waals surface area contributed by atoms with Crippen LogP contribution < -0.4 is 14.8 Å². The van der Waals surface area contributed by atoms with Crippen LogP contribution in [0.3, 0.4) is 0 Å². The first-order chi connectivity index (χ1) is 15.3. The van der Waals surface area contributed by atoms with E-state index in [9.17, 15) is 13.2 Å². The second kappa shape index (κ2) is 10.8. The predicted molar refractivity (Wildman–Crippen MR) is 127 cm³/mol. The molecule has 0 aliphatic carbocycles. The molecule has 1 amide bonds. The van der Waals surface area contributed by atoms with Gasteiger partial charge >= 0.3 is 0 Å². The Bertz CT molecular complexity index is 998. The van der Waals surface area contributed by atoms with Gasteiger partial charge in [0.05, 0.1) is 11.5 Å². The van der Waals surface area contributed by atoms with Crippen LogP contribution in [0.15, 0.2) is 53.4 Å². The Hall–Kier alpha value is -2.58. The molecule has 0 saturated carbocycles.